The van der Waals surface area contributed by atoms with Crippen LogP contribution < -0.4 is 0 Å². The van der Waals surface area contributed by atoms with Gasteiger partial charge in [0.15, 0.2) is 0 Å². The van der Waals surface area contributed by atoms with Crippen LogP contribution in [0.1, 0.15) is 39.5 Å². The van der Waals surface area contributed by atoms with Crippen molar-refractivity contribution in [3.05, 3.63) is 36.0 Å². The van der Waals surface area contributed by atoms with Crippen LogP contribution in [0.15, 0.2) is 36.0 Å². The van der Waals surface area contributed by atoms with Gasteiger partial charge in [0.05, 0.1) is 0 Å². The van der Waals surface area contributed by atoms with E-state index in [4.69, 9.17) is 0 Å². The van der Waals surface area contributed by atoms with Crippen LogP contribution >= 0.6 is 0 Å². The normalized spacial score (nSPS) is 23.2. The van der Waals surface area contributed by atoms with Crippen molar-refractivity contribution in [2.45, 2.75) is 39.5 Å². The molecule has 0 amide bonds. The molecule has 0 bridgehead atoms. The summed E-state index contributed by atoms with van der Waals surface area (Å²) in [5, 5.41) is 0. The van der Waals surface area contributed by atoms with Gasteiger partial charge in [-0.1, -0.05) is 50.6 Å². The standard InChI is InChI=1S/C13H20/c1-3-4-5-8-13-9-6-7-12(2)10-11-13/h5-6,8-9,11-12H,3-4,7,10H2,1-2H3. The molecule has 1 aliphatic rings. The lowest BCUT2D eigenvalue weighted by Gasteiger charge is -2.00. The summed E-state index contributed by atoms with van der Waals surface area (Å²) >= 11 is 0. The largest absolute Gasteiger partial charge is 0.0840 e. The summed E-state index contributed by atoms with van der Waals surface area (Å²) in [6, 6.07) is 0. The molecule has 72 valence electrons. The summed E-state index contributed by atoms with van der Waals surface area (Å²) in [7, 11) is 0. The van der Waals surface area contributed by atoms with Gasteiger partial charge in [-0.3, -0.25) is 0 Å². The van der Waals surface area contributed by atoms with Crippen molar-refractivity contribution >= 4 is 0 Å². The Morgan fingerprint density at radius 1 is 1.46 bits per heavy atom. The molecule has 0 nitrogen and oxygen atoms in total. The number of hydrogen-bond donors (Lipinski definition) is 0. The predicted molar refractivity (Wildman–Crippen MR) is 59.7 cm³/mol. The van der Waals surface area contributed by atoms with Gasteiger partial charge in [0.2, 0.25) is 0 Å². The van der Waals surface area contributed by atoms with Gasteiger partial charge in [-0.05, 0) is 30.8 Å². The van der Waals surface area contributed by atoms with Crippen LogP contribution in [0.2, 0.25) is 0 Å². The Kier molecular flexibility index (Phi) is 4.59. The predicted octanol–water partition coefficient (Wildman–Crippen LogP) is 4.26. The van der Waals surface area contributed by atoms with Gasteiger partial charge in [0, 0.05) is 0 Å². The van der Waals surface area contributed by atoms with Crippen molar-refractivity contribution in [2.75, 3.05) is 0 Å². The van der Waals surface area contributed by atoms with Crippen LogP contribution in [0.25, 0.3) is 0 Å². The molecule has 1 rings (SSSR count). The van der Waals surface area contributed by atoms with Crippen LogP contribution in [0.5, 0.6) is 0 Å². The summed E-state index contributed by atoms with van der Waals surface area (Å²) < 4.78 is 0. The Balaban J connectivity index is 2.48. The molecule has 0 aromatic heterocycles. The second kappa shape index (κ2) is 5.80. The maximum atomic E-state index is 2.35. The van der Waals surface area contributed by atoms with E-state index < -0.39 is 0 Å². The van der Waals surface area contributed by atoms with Crippen molar-refractivity contribution in [3.8, 4) is 0 Å². The minimum Gasteiger partial charge on any atom is -0.0840 e. The first-order chi connectivity index (χ1) is 6.33. The highest BCUT2D eigenvalue weighted by Gasteiger charge is 2.00. The first kappa shape index (κ1) is 10.3. The number of allylic oxidation sites excluding steroid dienone is 6. The van der Waals surface area contributed by atoms with E-state index in [1.807, 2.05) is 0 Å². The summed E-state index contributed by atoms with van der Waals surface area (Å²) in [5.41, 5.74) is 1.39. The molecular weight excluding hydrogens is 156 g/mol. The van der Waals surface area contributed by atoms with E-state index in [0.29, 0.717) is 0 Å². The fourth-order valence-electron chi connectivity index (χ4n) is 1.45. The zero-order valence-corrected chi connectivity index (χ0v) is 8.79. The highest BCUT2D eigenvalue weighted by Crippen LogP contribution is 2.17. The van der Waals surface area contributed by atoms with Crippen molar-refractivity contribution < 1.29 is 0 Å². The van der Waals surface area contributed by atoms with Gasteiger partial charge in [0.1, 0.15) is 0 Å². The average molecular weight is 176 g/mol. The van der Waals surface area contributed by atoms with E-state index in [-0.39, 0.29) is 0 Å². The molecule has 1 atom stereocenters. The second-order valence-electron chi connectivity index (χ2n) is 3.87. The van der Waals surface area contributed by atoms with Crippen LogP contribution in [0.4, 0.5) is 0 Å². The topological polar surface area (TPSA) is 0 Å². The molecule has 0 aliphatic heterocycles. The molecule has 0 heteroatoms. The number of unbranched alkanes of at least 4 members (excludes halogenated alkanes) is 1. The summed E-state index contributed by atoms with van der Waals surface area (Å²) in [6.45, 7) is 4.52. The second-order valence-corrected chi connectivity index (χ2v) is 3.87. The maximum absolute atomic E-state index is 2.35. The van der Waals surface area contributed by atoms with Gasteiger partial charge in [-0.15, -0.1) is 0 Å². The lowest BCUT2D eigenvalue weighted by Crippen LogP contribution is -1.87. The van der Waals surface area contributed by atoms with Gasteiger partial charge in [0.25, 0.3) is 0 Å². The van der Waals surface area contributed by atoms with Crippen molar-refractivity contribution in [3.63, 3.8) is 0 Å². The minimum absolute atomic E-state index is 0.813. The van der Waals surface area contributed by atoms with Gasteiger partial charge in [-0.2, -0.15) is 0 Å². The lowest BCUT2D eigenvalue weighted by molar-refractivity contribution is 0.606. The van der Waals surface area contributed by atoms with Crippen molar-refractivity contribution in [2.24, 2.45) is 5.92 Å². The molecule has 0 heterocycles. The quantitative estimate of drug-likeness (QED) is 0.603. The maximum Gasteiger partial charge on any atom is -0.0303 e. The van der Waals surface area contributed by atoms with E-state index in [1.165, 1.54) is 31.3 Å². The third-order valence-electron chi connectivity index (χ3n) is 2.37. The summed E-state index contributed by atoms with van der Waals surface area (Å²) in [5.74, 6) is 0.813. The molecule has 0 radical (unpaired) electrons. The average Bonchev–Trinajstić information content (AvgIpc) is 2.32. The van der Waals surface area contributed by atoms with E-state index in [0.717, 1.165) is 5.92 Å². The Morgan fingerprint density at radius 3 is 3.08 bits per heavy atom. The van der Waals surface area contributed by atoms with Crippen molar-refractivity contribution in [1.29, 1.82) is 0 Å². The highest BCUT2D eigenvalue weighted by molar-refractivity contribution is 5.31. The Morgan fingerprint density at radius 2 is 2.31 bits per heavy atom. The first-order valence-electron chi connectivity index (χ1n) is 5.36. The fourth-order valence-corrected chi connectivity index (χ4v) is 1.45. The van der Waals surface area contributed by atoms with E-state index >= 15 is 0 Å². The van der Waals surface area contributed by atoms with Gasteiger partial charge in [-0.25, -0.2) is 0 Å². The highest BCUT2D eigenvalue weighted by atomic mass is 14.1. The molecule has 0 aromatic rings. The monoisotopic (exact) mass is 176 g/mol. The molecule has 0 spiro atoms. The molecule has 0 saturated carbocycles. The van der Waals surface area contributed by atoms with E-state index in [2.05, 4.69) is 44.2 Å². The first-order valence-corrected chi connectivity index (χ1v) is 5.36. The SMILES string of the molecule is CCCC=CC1=CCC(C)CC=C1. The van der Waals surface area contributed by atoms with Crippen LogP contribution in [0, 0.1) is 5.92 Å². The zero-order valence-electron chi connectivity index (χ0n) is 8.79. The smallest absolute Gasteiger partial charge is 0.0303 e. The number of rotatable bonds is 3. The third kappa shape index (κ3) is 4.12. The molecular formula is C13H20. The Hall–Kier alpha value is -0.780. The van der Waals surface area contributed by atoms with Crippen molar-refractivity contribution in [1.82, 2.24) is 0 Å². The van der Waals surface area contributed by atoms with Gasteiger partial charge < -0.3 is 0 Å². The van der Waals surface area contributed by atoms with E-state index in [9.17, 15) is 0 Å². The van der Waals surface area contributed by atoms with Crippen LogP contribution in [0.3, 0.4) is 0 Å². The molecule has 1 aliphatic carbocycles. The molecule has 0 fully saturated rings. The fraction of sp³-hybridized carbons (Fsp3) is 0.538. The summed E-state index contributed by atoms with van der Waals surface area (Å²) in [6.07, 6.45) is 16.3. The molecule has 1 unspecified atom stereocenters. The van der Waals surface area contributed by atoms with E-state index in [1.54, 1.807) is 0 Å². The summed E-state index contributed by atoms with van der Waals surface area (Å²) in [4.78, 5) is 0. The van der Waals surface area contributed by atoms with Crippen LogP contribution in [-0.4, -0.2) is 0 Å². The number of hydrogen-bond acceptors (Lipinski definition) is 0. The Bertz CT molecular complexity index is 218. The third-order valence-corrected chi connectivity index (χ3v) is 2.37. The zero-order chi connectivity index (χ0) is 9.52. The minimum atomic E-state index is 0.813. The lowest BCUT2D eigenvalue weighted by atomic mass is 10.1. The Labute approximate surface area is 82.0 Å². The molecule has 0 aromatic carbocycles. The molecule has 0 N–H and O–H groups in total. The molecule has 13 heavy (non-hydrogen) atoms. The molecule has 0 saturated heterocycles. The van der Waals surface area contributed by atoms with Crippen LogP contribution in [-0.2, 0) is 0 Å². The van der Waals surface area contributed by atoms with Gasteiger partial charge >= 0.3 is 0 Å².